The number of fused-ring (bicyclic) bond motifs is 10. The second kappa shape index (κ2) is 49.9. The molecule has 0 fully saturated rings. The van der Waals surface area contributed by atoms with Gasteiger partial charge in [0.15, 0.2) is 23.0 Å². The van der Waals surface area contributed by atoms with Crippen LogP contribution in [0.3, 0.4) is 0 Å². The summed E-state index contributed by atoms with van der Waals surface area (Å²) in [4.78, 5) is 21.7. The number of aromatic nitrogens is 4. The van der Waals surface area contributed by atoms with Crippen molar-refractivity contribution in [3.63, 3.8) is 0 Å². The molecule has 12 aromatic rings. The third-order valence-electron chi connectivity index (χ3n) is 19.5. The van der Waals surface area contributed by atoms with Gasteiger partial charge in [-0.2, -0.15) is 0 Å². The van der Waals surface area contributed by atoms with Crippen LogP contribution in [0.15, 0.2) is 255 Å². The fourth-order valence-corrected chi connectivity index (χ4v) is 13.7. The van der Waals surface area contributed by atoms with Crippen molar-refractivity contribution in [3.05, 3.63) is 289 Å². The van der Waals surface area contributed by atoms with Crippen molar-refractivity contribution < 1.29 is 117 Å². The Morgan fingerprint density at radius 2 is 0.580 bits per heavy atom. The van der Waals surface area contributed by atoms with Crippen LogP contribution < -0.4 is 63.4 Å². The molecule has 0 amide bonds. The van der Waals surface area contributed by atoms with Gasteiger partial charge in [0.2, 0.25) is 0 Å². The molecule has 2 N–H and O–H groups in total. The summed E-state index contributed by atoms with van der Waals surface area (Å²) in [5.41, 5.74) is 16.1. The summed E-state index contributed by atoms with van der Waals surface area (Å²) in [5.74, 6) is 4.98. The van der Waals surface area contributed by atoms with E-state index < -0.39 is 7.81 Å². The summed E-state index contributed by atoms with van der Waals surface area (Å²) >= 11 is 0. The average Bonchev–Trinajstić information content (AvgIpc) is 1.67. The maximum Gasteiger partial charge on any atom is 4.00 e. The first-order valence-corrected chi connectivity index (χ1v) is 44.6. The van der Waals surface area contributed by atoms with E-state index in [0.29, 0.717) is 180 Å². The third kappa shape index (κ3) is 33.4. The molecule has 131 heavy (non-hydrogen) atoms. The number of halogens is 6. The smallest absolute Gasteiger partial charge is 0.872 e. The van der Waals surface area contributed by atoms with E-state index in [2.05, 4.69) is 115 Å². The van der Waals surface area contributed by atoms with Crippen molar-refractivity contribution in [1.29, 1.82) is 0 Å². The zero-order chi connectivity index (χ0) is 90.3. The molecule has 0 aliphatic carbocycles. The van der Waals surface area contributed by atoms with Gasteiger partial charge in [0.1, 0.15) is 88.9 Å². The number of hydrogen-bond donors (Lipinski definition) is 1. The van der Waals surface area contributed by atoms with Gasteiger partial charge in [0.05, 0.1) is 128 Å². The molecular formula is C100H100F6N5O18PSn. The van der Waals surface area contributed by atoms with Crippen molar-refractivity contribution >= 4 is 78.1 Å². The van der Waals surface area contributed by atoms with Gasteiger partial charge in [-0.25, -0.2) is 9.97 Å². The molecule has 3 aromatic heterocycles. The van der Waals surface area contributed by atoms with Crippen LogP contribution >= 0.6 is 7.81 Å². The molecule has 0 unspecified atom stereocenters. The van der Waals surface area contributed by atoms with Gasteiger partial charge in [-0.1, -0.05) is 158 Å². The Morgan fingerprint density at radius 3 is 0.916 bits per heavy atom. The molecule has 15 rings (SSSR count). The Labute approximate surface area is 772 Å². The molecular weight excluding hydrogens is 1820 g/mol. The van der Waals surface area contributed by atoms with Crippen LogP contribution in [0.5, 0.6) is 57.5 Å². The van der Waals surface area contributed by atoms with Gasteiger partial charge in [-0.3, -0.25) is 0 Å². The Balaban J connectivity index is 0.000000236. The number of nitrogens with zero attached hydrogens (tertiary/aromatic N) is 4. The van der Waals surface area contributed by atoms with E-state index >= 15 is 0 Å². The minimum atomic E-state index is -10.7. The number of nitrogens with two attached hydrogens (primary N) is 1. The zero-order valence-electron chi connectivity index (χ0n) is 71.9. The molecule has 23 nitrogen and oxygen atoms in total. The van der Waals surface area contributed by atoms with Crippen molar-refractivity contribution in [2.75, 3.05) is 159 Å². The Kier molecular flexibility index (Phi) is 37.3. The predicted molar refractivity (Wildman–Crippen MR) is 489 cm³/mol. The van der Waals surface area contributed by atoms with Crippen LogP contribution in [0.4, 0.5) is 25.2 Å². The van der Waals surface area contributed by atoms with E-state index in [0.717, 1.165) is 114 Å². The first-order valence-electron chi connectivity index (χ1n) is 42.5. The van der Waals surface area contributed by atoms with Crippen molar-refractivity contribution in [2.45, 2.75) is 13.1 Å². The molecule has 6 heterocycles. The normalized spacial score (nSPS) is 13.8. The van der Waals surface area contributed by atoms with Crippen molar-refractivity contribution in [3.8, 4) is 102 Å². The molecule has 0 atom stereocenters. The van der Waals surface area contributed by atoms with E-state index in [-0.39, 0.29) is 48.6 Å². The molecule has 0 saturated heterocycles. The van der Waals surface area contributed by atoms with Gasteiger partial charge in [0.25, 0.3) is 0 Å². The topological polar surface area (TPSA) is 264 Å². The number of hydrogen-bond acceptors (Lipinski definition) is 20. The van der Waals surface area contributed by atoms with Crippen molar-refractivity contribution in [1.82, 2.24) is 19.9 Å². The molecule has 3 aliphatic heterocycles. The van der Waals surface area contributed by atoms with E-state index in [1.54, 1.807) is 24.3 Å². The molecule has 0 radical (unpaired) electrons. The number of benzene rings is 9. The fourth-order valence-electron chi connectivity index (χ4n) is 13.7. The molecule has 3 aliphatic rings. The molecule has 8 bridgehead atoms. The van der Waals surface area contributed by atoms with E-state index in [9.17, 15) is 35.4 Å². The summed E-state index contributed by atoms with van der Waals surface area (Å²) in [6, 6.07) is 81.7. The fraction of sp³-hybridized carbons (Fsp3) is 0.260. The minimum Gasteiger partial charge on any atom is -0.872 e. The summed E-state index contributed by atoms with van der Waals surface area (Å²) in [6.45, 7) is 11.4. The second-order valence-corrected chi connectivity index (χ2v) is 31.1. The summed E-state index contributed by atoms with van der Waals surface area (Å²) < 4.78 is 152. The first-order chi connectivity index (χ1) is 63.3. The van der Waals surface area contributed by atoms with Crippen molar-refractivity contribution in [2.24, 2.45) is 0 Å². The molecule has 9 aromatic carbocycles. The number of rotatable bonds is 30. The maximum absolute atomic E-state index is 11.3. The van der Waals surface area contributed by atoms with Crippen LogP contribution in [0, 0.1) is 0 Å². The molecule has 0 spiro atoms. The van der Waals surface area contributed by atoms with Crippen LogP contribution in [-0.4, -0.2) is 192 Å². The largest absolute Gasteiger partial charge is 4.00 e. The van der Waals surface area contributed by atoms with E-state index in [4.69, 9.17) is 95.7 Å². The van der Waals surface area contributed by atoms with Gasteiger partial charge >= 0.3 is 56.9 Å². The summed E-state index contributed by atoms with van der Waals surface area (Å²) in [7, 11) is -10.7. The molecule has 31 heteroatoms. The van der Waals surface area contributed by atoms with Gasteiger partial charge in [-0.15, -0.1) is 33.6 Å². The summed E-state index contributed by atoms with van der Waals surface area (Å²) in [5, 5.41) is 24.8. The number of para-hydroxylation sites is 2. The monoisotopic (exact) mass is 1920 g/mol. The predicted octanol–water partition coefficient (Wildman–Crippen LogP) is 18.0. The van der Waals surface area contributed by atoms with Gasteiger partial charge in [0, 0.05) is 11.1 Å². The Morgan fingerprint density at radius 1 is 0.290 bits per heavy atom. The quantitative estimate of drug-likeness (QED) is 0.0190. The van der Waals surface area contributed by atoms with Gasteiger partial charge in [-0.05, 0) is 166 Å². The summed E-state index contributed by atoms with van der Waals surface area (Å²) in [6.07, 6.45) is 8.29. The standard InChI is InChI=1S/C62H54N4O8.C38H47NO10.F6P.Sn/c1-4-12-43(13-5-1)59-47-21-23-49(63-47)60(44-14-6-2-7-15-44)51-25-27-53(65-51)62(54-28-26-52(66-54)61(45-16-8-3-9-17-45)50-24-22-48(59)64-50)46-20-29-57-58(42-46)74-41-37-70-33-32-68-35-39-72-56-19-11-10-18-55(56)71-38-34-67-30-31-69-36-40-73-57;40-33-3-1-5-37(27-33)48-25-21-44-17-15-42-19-23-46-35-11-7-31(8-12-35)29-39-30-32-9-13-36(14-10-32)47-24-20-43-16-18-45-22-26-49-38-6-2-4-34(41)28-38;1-7(2,3,4,5)6;/h1-29,42H,30-41H2;1-14,27-28,39-41H,15-26,29-30H2;;/q-2;;-1;+4/p-1. The van der Waals surface area contributed by atoms with Crippen LogP contribution in [0.25, 0.3) is 90.9 Å². The third-order valence-corrected chi connectivity index (χ3v) is 19.5. The van der Waals surface area contributed by atoms with Crippen LogP contribution in [-0.2, 0) is 51.0 Å². The zero-order valence-corrected chi connectivity index (χ0v) is 75.6. The molecule has 0 saturated carbocycles. The van der Waals surface area contributed by atoms with Crippen LogP contribution in [0.2, 0.25) is 0 Å². The molecule has 684 valence electrons. The SMILES string of the molecule is C1=Cc2nc1c(-c1ccccc1)c1ccc([n-]1)c(-c1ccccc1)c1nc(c(-c3ccc4c(c3)OCCOCCOCCOc3ccccc3OCCOCCOCCO4)c3ccc([n-]3)c2-c2ccccc2)C=C1.F[P-](F)(F)(F)(F)F.[O-]c1cccc(OCCOCCOCCOc2ccc(C[NH2+]Cc3ccc(OCCOCCOCCOc4cccc([O-])c4)cc3)cc2)c1.[Sn+4]. The number of ether oxygens (including phenoxy) is 16. The van der Waals surface area contributed by atoms with Crippen LogP contribution in [0.1, 0.15) is 33.9 Å². The second-order valence-electron chi connectivity index (χ2n) is 29.1. The van der Waals surface area contributed by atoms with Gasteiger partial charge < -0.3 is 101 Å². The minimum absolute atomic E-state index is 0. The Hall–Kier alpha value is -12.0. The average molecular weight is 1920 g/mol. The van der Waals surface area contributed by atoms with E-state index in [1.165, 1.54) is 35.4 Å². The van der Waals surface area contributed by atoms with E-state index in [1.807, 2.05) is 121 Å². The first kappa shape index (κ1) is 98.1. The number of quaternary nitrogens is 1. The Bertz CT molecular complexity index is 5620. The maximum atomic E-state index is 11.3.